The summed E-state index contributed by atoms with van der Waals surface area (Å²) in [5.41, 5.74) is 1.10. The van der Waals surface area contributed by atoms with Crippen LogP contribution < -0.4 is 9.05 Å². The van der Waals surface area contributed by atoms with Crippen LogP contribution in [0.1, 0.15) is 105 Å². The van der Waals surface area contributed by atoms with Crippen LogP contribution in [0.3, 0.4) is 0 Å². The zero-order chi connectivity index (χ0) is 32.0. The monoisotopic (exact) mass is 648 g/mol. The number of hydrogen-bond donors (Lipinski definition) is 4. The Bertz CT molecular complexity index is 1180. The summed E-state index contributed by atoms with van der Waals surface area (Å²) in [5, 5.41) is 0.623. The Morgan fingerprint density at radius 3 is 0.927 bits per heavy atom. The Balaban J connectivity index is 2.57. The predicted molar refractivity (Wildman–Crippen MR) is 170 cm³/mol. The third-order valence-corrected chi connectivity index (χ3v) is 9.15. The maximum Gasteiger partial charge on any atom is 0.524 e. The highest BCUT2D eigenvalue weighted by Gasteiger charge is 2.33. The molecule has 0 spiro atoms. The molecule has 0 heterocycles. The molecular weight excluding hydrogens is 602 g/mol. The molecule has 0 aromatic heterocycles. The normalized spacial score (nSPS) is 13.9. The zero-order valence-corrected chi connectivity index (χ0v) is 29.6. The third kappa shape index (κ3) is 10.6. The second-order valence-electron chi connectivity index (χ2n) is 14.3. The molecule has 0 unspecified atom stereocenters. The van der Waals surface area contributed by atoms with Gasteiger partial charge in [-0.05, 0) is 45.9 Å². The second-order valence-corrected chi connectivity index (χ2v) is 19.1. The van der Waals surface area contributed by atoms with Gasteiger partial charge in [0, 0.05) is 37.1 Å². The molecule has 4 N–H and O–H groups in total. The second kappa shape index (κ2) is 12.2. The van der Waals surface area contributed by atoms with Crippen LogP contribution in [0.2, 0.25) is 0 Å². The molecule has 0 aliphatic heterocycles. The van der Waals surface area contributed by atoms with Gasteiger partial charge in [-0.15, -0.1) is 23.5 Å². The molecule has 232 valence electrons. The average Bonchev–Trinajstić information content (AvgIpc) is 2.69. The average molecular weight is 649 g/mol. The first-order chi connectivity index (χ1) is 18.1. The molecule has 0 fully saturated rings. The van der Waals surface area contributed by atoms with E-state index in [-0.39, 0.29) is 11.5 Å². The van der Waals surface area contributed by atoms with Crippen molar-refractivity contribution in [1.29, 1.82) is 0 Å². The smallest absolute Gasteiger partial charge is 0.404 e. The number of phosphoric acid groups is 2. The van der Waals surface area contributed by atoms with Crippen molar-refractivity contribution in [3.05, 3.63) is 46.5 Å². The zero-order valence-electron chi connectivity index (χ0n) is 26.1. The van der Waals surface area contributed by atoms with Gasteiger partial charge in [0.25, 0.3) is 0 Å². The molecule has 8 nitrogen and oxygen atoms in total. The number of phosphoric ester groups is 2. The molecule has 0 radical (unpaired) electrons. The van der Waals surface area contributed by atoms with Crippen molar-refractivity contribution in [2.45, 2.75) is 115 Å². The number of thioether (sulfide) groups is 2. The molecule has 41 heavy (non-hydrogen) atoms. The van der Waals surface area contributed by atoms with E-state index in [1.807, 2.05) is 107 Å². The third-order valence-electron chi connectivity index (χ3n) is 6.23. The maximum absolute atomic E-state index is 11.9. The van der Waals surface area contributed by atoms with Crippen LogP contribution in [-0.2, 0) is 30.8 Å². The summed E-state index contributed by atoms with van der Waals surface area (Å²) in [6.07, 6.45) is 0. The molecule has 2 rings (SSSR count). The van der Waals surface area contributed by atoms with E-state index in [4.69, 9.17) is 9.05 Å². The first-order valence-corrected chi connectivity index (χ1v) is 18.3. The van der Waals surface area contributed by atoms with Crippen LogP contribution in [-0.4, -0.2) is 24.7 Å². The van der Waals surface area contributed by atoms with E-state index in [1.165, 1.54) is 0 Å². The highest BCUT2D eigenvalue weighted by Crippen LogP contribution is 2.51. The van der Waals surface area contributed by atoms with E-state index >= 15 is 0 Å². The first-order valence-electron chi connectivity index (χ1n) is 13.2. The van der Waals surface area contributed by atoms with Crippen LogP contribution in [0.15, 0.2) is 34.1 Å². The fraction of sp³-hybridized carbons (Fsp3) is 0.586. The van der Waals surface area contributed by atoms with Gasteiger partial charge in [0.2, 0.25) is 0 Å². The van der Waals surface area contributed by atoms with Gasteiger partial charge in [0.05, 0.1) is 0 Å². The summed E-state index contributed by atoms with van der Waals surface area (Å²) < 4.78 is 34.3. The summed E-state index contributed by atoms with van der Waals surface area (Å²) >= 11 is 3.20. The summed E-state index contributed by atoms with van der Waals surface area (Å²) in [5.74, 6) is 0.446. The van der Waals surface area contributed by atoms with Crippen LogP contribution in [0, 0.1) is 0 Å². The number of hydrogen-bond acceptors (Lipinski definition) is 6. The van der Waals surface area contributed by atoms with Crippen molar-refractivity contribution in [3.63, 3.8) is 0 Å². The Morgan fingerprint density at radius 2 is 0.756 bits per heavy atom. The molecular formula is C29H46O8P2S2. The van der Waals surface area contributed by atoms with Crippen molar-refractivity contribution < 1.29 is 37.8 Å². The van der Waals surface area contributed by atoms with E-state index in [0.717, 1.165) is 9.79 Å². The summed E-state index contributed by atoms with van der Waals surface area (Å²) in [7, 11) is -9.56. The van der Waals surface area contributed by atoms with E-state index < -0.39 is 37.3 Å². The standard InChI is InChI=1S/C29H46O8P2S2/c1-26(2,3)20-13-18(14-21(27(4,5)6)24(20)36-38(30,31)32)40-17-41-19-15-22(28(7,8)9)25(37-39(33,34)35)23(16-19)29(10,11)12/h13-16H,17H2,1-12H3,(H2,30,31,32)(H2,33,34,35). The fourth-order valence-corrected chi connectivity index (χ4v) is 7.20. The predicted octanol–water partition coefficient (Wildman–Crippen LogP) is 8.66. The molecule has 0 atom stereocenters. The maximum atomic E-state index is 11.9. The lowest BCUT2D eigenvalue weighted by Gasteiger charge is -2.30. The van der Waals surface area contributed by atoms with E-state index in [1.54, 1.807) is 23.5 Å². The van der Waals surface area contributed by atoms with Gasteiger partial charge in [-0.1, -0.05) is 83.1 Å². The summed E-state index contributed by atoms with van der Waals surface area (Å²) in [6, 6.07) is 7.74. The van der Waals surface area contributed by atoms with Gasteiger partial charge in [0.1, 0.15) is 11.5 Å². The minimum atomic E-state index is -4.78. The lowest BCUT2D eigenvalue weighted by molar-refractivity contribution is 0.275. The van der Waals surface area contributed by atoms with Crippen LogP contribution in [0.25, 0.3) is 0 Å². The Hall–Kier alpha value is -0.960. The highest BCUT2D eigenvalue weighted by atomic mass is 32.2. The molecule has 0 aliphatic carbocycles. The van der Waals surface area contributed by atoms with Crippen LogP contribution >= 0.6 is 39.2 Å². The van der Waals surface area contributed by atoms with Gasteiger partial charge in [0.15, 0.2) is 0 Å². The molecule has 2 aromatic carbocycles. The Labute approximate surface area is 253 Å². The molecule has 0 bridgehead atoms. The minimum Gasteiger partial charge on any atom is -0.404 e. The molecule has 0 saturated carbocycles. The molecule has 0 aliphatic rings. The summed E-state index contributed by atoms with van der Waals surface area (Å²) in [6.45, 7) is 23.8. The lowest BCUT2D eigenvalue weighted by atomic mass is 9.79. The SMILES string of the molecule is CC(C)(C)c1cc(SCSc2cc(C(C)(C)C)c(OP(=O)(O)O)c(C(C)(C)C)c2)cc(C(C)(C)C)c1OP(=O)(O)O. The van der Waals surface area contributed by atoms with Crippen LogP contribution in [0.4, 0.5) is 0 Å². The van der Waals surface area contributed by atoms with Crippen molar-refractivity contribution in [3.8, 4) is 11.5 Å². The van der Waals surface area contributed by atoms with E-state index in [0.29, 0.717) is 27.3 Å². The quantitative estimate of drug-likeness (QED) is 0.125. The van der Waals surface area contributed by atoms with Crippen molar-refractivity contribution >= 4 is 39.2 Å². The fourth-order valence-electron chi connectivity index (χ4n) is 4.20. The van der Waals surface area contributed by atoms with Gasteiger partial charge >= 0.3 is 15.6 Å². The molecule has 2 aromatic rings. The minimum absolute atomic E-state index is 0.223. The van der Waals surface area contributed by atoms with Crippen molar-refractivity contribution in [2.24, 2.45) is 0 Å². The lowest BCUT2D eigenvalue weighted by Crippen LogP contribution is -2.19. The van der Waals surface area contributed by atoms with E-state index in [9.17, 15) is 28.7 Å². The number of benzene rings is 2. The number of rotatable bonds is 8. The van der Waals surface area contributed by atoms with Crippen molar-refractivity contribution in [2.75, 3.05) is 5.08 Å². The topological polar surface area (TPSA) is 134 Å². The highest BCUT2D eigenvalue weighted by molar-refractivity contribution is 8.16. The molecule has 12 heteroatoms. The molecule has 0 amide bonds. The summed E-state index contributed by atoms with van der Waals surface area (Å²) in [4.78, 5) is 40.5. The van der Waals surface area contributed by atoms with E-state index in [2.05, 4.69) is 0 Å². The first kappa shape index (κ1) is 36.2. The van der Waals surface area contributed by atoms with Gasteiger partial charge in [-0.3, -0.25) is 19.6 Å². The van der Waals surface area contributed by atoms with Gasteiger partial charge in [-0.2, -0.15) is 0 Å². The van der Waals surface area contributed by atoms with Gasteiger partial charge < -0.3 is 9.05 Å². The molecule has 0 saturated heterocycles. The largest absolute Gasteiger partial charge is 0.524 e. The van der Waals surface area contributed by atoms with Crippen molar-refractivity contribution in [1.82, 2.24) is 0 Å². The van der Waals surface area contributed by atoms with Crippen LogP contribution in [0.5, 0.6) is 11.5 Å². The Morgan fingerprint density at radius 1 is 0.537 bits per heavy atom. The Kier molecular flexibility index (Phi) is 10.8. The van der Waals surface area contributed by atoms with Gasteiger partial charge in [-0.25, -0.2) is 9.13 Å².